The molecule has 26 heteroatoms. The molecule has 0 saturated carbocycles. The highest BCUT2D eigenvalue weighted by molar-refractivity contribution is 7.98. The Morgan fingerprint density at radius 1 is 0.648 bits per heavy atom. The van der Waals surface area contributed by atoms with Crippen molar-refractivity contribution in [2.75, 3.05) is 25.1 Å². The number of aliphatic carboxylic acids is 8. The molecule has 0 heterocycles. The van der Waals surface area contributed by atoms with Crippen molar-refractivity contribution in [1.29, 1.82) is 5.41 Å². The summed E-state index contributed by atoms with van der Waals surface area (Å²) in [6.07, 6.45) is 3.51. The molecular weight excluding hydrogens is 750 g/mol. The lowest BCUT2D eigenvalue weighted by Crippen LogP contribution is -2.36. The average Bonchev–Trinajstić information content (AvgIpc) is 3.07. The van der Waals surface area contributed by atoms with Crippen molar-refractivity contribution in [2.45, 2.75) is 89.0 Å². The van der Waals surface area contributed by atoms with Gasteiger partial charge in [-0.05, 0) is 43.6 Å². The smallest absolute Gasteiger partial charge is 0.321 e. The highest BCUT2D eigenvalue weighted by Crippen LogP contribution is 2.04. The number of rotatable bonds is 20. The first-order valence-corrected chi connectivity index (χ1v) is 16.9. The maximum atomic E-state index is 10.2. The van der Waals surface area contributed by atoms with E-state index in [1.807, 2.05) is 20.1 Å². The largest absolute Gasteiger partial charge is 0.481 e. The number of hydrogen-bond acceptors (Lipinski definition) is 16. The van der Waals surface area contributed by atoms with Crippen molar-refractivity contribution in [2.24, 2.45) is 46.1 Å². The topological polar surface area (TPSA) is 516 Å². The highest BCUT2D eigenvalue weighted by Gasteiger charge is 2.17. The fraction of sp³-hybridized carbons (Fsp3) is 0.679. The molecule has 0 aromatic rings. The van der Waals surface area contributed by atoms with Crippen LogP contribution in [0.1, 0.15) is 58.8 Å². The maximum Gasteiger partial charge on any atom is 0.321 e. The van der Waals surface area contributed by atoms with Crippen LogP contribution in [0.3, 0.4) is 0 Å². The van der Waals surface area contributed by atoms with Crippen molar-refractivity contribution in [3.8, 4) is 0 Å². The number of carbonyl (C=O) groups is 8. The molecule has 6 atom stereocenters. The quantitative estimate of drug-likeness (QED) is 0.0321. The summed E-state index contributed by atoms with van der Waals surface area (Å²) < 4.78 is 0. The van der Waals surface area contributed by atoms with Gasteiger partial charge < -0.3 is 86.3 Å². The van der Waals surface area contributed by atoms with Crippen molar-refractivity contribution < 1.29 is 79.2 Å². The summed E-state index contributed by atoms with van der Waals surface area (Å²) in [5.74, 6) is -7.72. The van der Waals surface area contributed by atoms with Crippen LogP contribution >= 0.6 is 11.8 Å². The molecule has 0 aliphatic carbocycles. The van der Waals surface area contributed by atoms with Crippen LogP contribution in [0, 0.1) is 11.3 Å². The third-order valence-corrected chi connectivity index (χ3v) is 6.33. The minimum atomic E-state index is -1.29. The first kappa shape index (κ1) is 61.2. The molecule has 54 heavy (non-hydrogen) atoms. The second kappa shape index (κ2) is 39.3. The van der Waals surface area contributed by atoms with Gasteiger partial charge in [0.2, 0.25) is 0 Å². The van der Waals surface area contributed by atoms with Crippen LogP contribution in [0.25, 0.3) is 0 Å². The zero-order chi connectivity index (χ0) is 44.1. The summed E-state index contributed by atoms with van der Waals surface area (Å²) in [7, 11) is 0. The molecule has 0 spiro atoms. The number of thioether (sulfide) groups is 1. The van der Waals surface area contributed by atoms with Crippen molar-refractivity contribution >= 4 is 65.5 Å². The molecule has 24 N–H and O–H groups in total. The van der Waals surface area contributed by atoms with E-state index in [9.17, 15) is 38.4 Å². The number of carboxylic acids is 8. The molecule has 0 amide bonds. The molecule has 6 unspecified atom stereocenters. The second-order valence-electron chi connectivity index (χ2n) is 10.4. The molecule has 318 valence electrons. The zero-order valence-electron chi connectivity index (χ0n) is 30.3. The van der Waals surface area contributed by atoms with Crippen LogP contribution in [0.5, 0.6) is 0 Å². The minimum Gasteiger partial charge on any atom is -0.481 e. The maximum absolute atomic E-state index is 10.2. The molecule has 0 fully saturated rings. The first-order valence-electron chi connectivity index (χ1n) is 15.5. The monoisotopic (exact) mass is 809 g/mol. The molecule has 0 aromatic carbocycles. The van der Waals surface area contributed by atoms with E-state index in [2.05, 4.69) is 11.1 Å². The van der Waals surface area contributed by atoms with Gasteiger partial charge in [-0.15, -0.1) is 0 Å². The number of hydrogen-bond donors (Lipinski definition) is 17. The van der Waals surface area contributed by atoms with Crippen LogP contribution in [0.15, 0.2) is 0 Å². The van der Waals surface area contributed by atoms with Crippen molar-refractivity contribution in [3.05, 3.63) is 0 Å². The summed E-state index contributed by atoms with van der Waals surface area (Å²) in [5, 5.41) is 74.2. The molecule has 0 aliphatic rings. The van der Waals surface area contributed by atoms with E-state index in [4.69, 9.17) is 80.7 Å². The van der Waals surface area contributed by atoms with Crippen LogP contribution in [-0.2, 0) is 38.4 Å². The molecule has 25 nitrogen and oxygen atoms in total. The van der Waals surface area contributed by atoms with Gasteiger partial charge >= 0.3 is 47.8 Å². The summed E-state index contributed by atoms with van der Waals surface area (Å²) in [5.41, 5.74) is 35.1. The predicted octanol–water partition coefficient (Wildman–Crippen LogP) is -3.58. The lowest BCUT2D eigenvalue weighted by Gasteiger charge is -2.11. The van der Waals surface area contributed by atoms with E-state index in [1.165, 1.54) is 0 Å². The van der Waals surface area contributed by atoms with Crippen LogP contribution in [-0.4, -0.2) is 150 Å². The van der Waals surface area contributed by atoms with Gasteiger partial charge in [-0.25, -0.2) is 0 Å². The molecule has 0 aliphatic heterocycles. The molecule has 0 radical (unpaired) electrons. The molecule has 0 bridgehead atoms. The lowest BCUT2D eigenvalue weighted by molar-refractivity contribution is -0.144. The Bertz CT molecular complexity index is 1120. The van der Waals surface area contributed by atoms with Gasteiger partial charge in [-0.2, -0.15) is 11.8 Å². The normalized spacial score (nSPS) is 12.8. The number of nitrogens with one attached hydrogen (secondary N) is 2. The minimum absolute atomic E-state index is 0.0231. The zero-order valence-corrected chi connectivity index (χ0v) is 31.1. The van der Waals surface area contributed by atoms with Crippen molar-refractivity contribution in [3.63, 3.8) is 0 Å². The molecule has 0 saturated heterocycles. The van der Waals surface area contributed by atoms with Gasteiger partial charge in [0, 0.05) is 13.0 Å². The highest BCUT2D eigenvalue weighted by atomic mass is 32.2. The standard InChI is InChI=1S/C6H14N4O2.C6H13NO2.C5H9NO4.C5H11NO2S.C4H7NO4.C2H5NO2/c7-4(5(11)12)2-1-3-10-6(8)9;1-3-4(2)5(7)6(8)9;6-3(5(9)10)1-2-4(7)8;1-9-3-2-4(6)5(7)8;5-2(4(8)9)1-3(6)7;3-1-2(4)5/h4H,1-3,7H2,(H,11,12)(H4,8,9,10);4-5H,3,7H2,1-2H3,(H,8,9);3H,1-2,6H2,(H,7,8)(H,9,10);4H,2-3,6H2,1H3,(H,7,8);2H,1,5H2,(H,6,7)(H,8,9);1,3H2,(H,4,5). The Balaban J connectivity index is -0.000000130. The predicted molar refractivity (Wildman–Crippen MR) is 195 cm³/mol. The SMILES string of the molecule is CCC(C)C(N)C(=O)O.CSCCC(N)C(=O)O.N=C(N)NCCCC(N)C(=O)O.NC(CC(=O)O)C(=O)O.NC(CCC(=O)O)C(=O)O.NCC(=O)O. The van der Waals surface area contributed by atoms with Crippen LogP contribution in [0.2, 0.25) is 0 Å². The summed E-state index contributed by atoms with van der Waals surface area (Å²) >= 11 is 1.60. The van der Waals surface area contributed by atoms with E-state index in [-0.39, 0.29) is 31.3 Å². The Hall–Kier alpha value is -4.86. The van der Waals surface area contributed by atoms with E-state index in [0.29, 0.717) is 25.8 Å². The van der Waals surface area contributed by atoms with Crippen LogP contribution in [0.4, 0.5) is 0 Å². The Kier molecular flexibility index (Phi) is 44.6. The second-order valence-corrected chi connectivity index (χ2v) is 11.4. The molecule has 0 aromatic heterocycles. The summed E-state index contributed by atoms with van der Waals surface area (Å²) in [6.45, 7) is 3.96. The van der Waals surface area contributed by atoms with E-state index in [1.54, 1.807) is 11.8 Å². The van der Waals surface area contributed by atoms with Crippen molar-refractivity contribution in [1.82, 2.24) is 5.32 Å². The Morgan fingerprint density at radius 2 is 1.04 bits per heavy atom. The average molecular weight is 810 g/mol. The van der Waals surface area contributed by atoms with Gasteiger partial charge in [0.1, 0.15) is 30.2 Å². The number of guanidine groups is 1. The third-order valence-electron chi connectivity index (χ3n) is 5.69. The summed E-state index contributed by atoms with van der Waals surface area (Å²) in [4.78, 5) is 79.2. The fourth-order valence-electron chi connectivity index (χ4n) is 2.21. The summed E-state index contributed by atoms with van der Waals surface area (Å²) in [6, 6.07) is -4.55. The lowest BCUT2D eigenvalue weighted by atomic mass is 10.0. The van der Waals surface area contributed by atoms with Gasteiger partial charge in [0.15, 0.2) is 5.96 Å². The Morgan fingerprint density at radius 3 is 1.28 bits per heavy atom. The van der Waals surface area contributed by atoms with E-state index < -0.39 is 84.4 Å². The van der Waals surface area contributed by atoms with Crippen LogP contribution < -0.4 is 45.5 Å². The molecular formula is C28H59N9O16S. The fourth-order valence-corrected chi connectivity index (χ4v) is 2.70. The van der Waals surface area contributed by atoms with E-state index >= 15 is 0 Å². The third kappa shape index (κ3) is 53.9. The first-order chi connectivity index (χ1) is 24.7. The van der Waals surface area contributed by atoms with Gasteiger partial charge in [0.05, 0.1) is 13.0 Å². The molecule has 0 rings (SSSR count). The van der Waals surface area contributed by atoms with Gasteiger partial charge in [-0.1, -0.05) is 20.3 Å². The number of nitrogens with two attached hydrogens (primary N) is 7. The Labute approximate surface area is 315 Å². The number of carboxylic acid groups (broad SMARTS) is 8. The van der Waals surface area contributed by atoms with Gasteiger partial charge in [0.25, 0.3) is 0 Å². The van der Waals surface area contributed by atoms with E-state index in [0.717, 1.165) is 12.2 Å². The van der Waals surface area contributed by atoms with Gasteiger partial charge in [-0.3, -0.25) is 43.8 Å².